The van der Waals surface area contributed by atoms with Crippen LogP contribution in [-0.4, -0.2) is 76.2 Å². The van der Waals surface area contributed by atoms with E-state index in [1.165, 1.54) is 29.4 Å². The number of anilines is 2. The van der Waals surface area contributed by atoms with Gasteiger partial charge < -0.3 is 24.2 Å². The summed E-state index contributed by atoms with van der Waals surface area (Å²) < 4.78 is 32.1. The van der Waals surface area contributed by atoms with Gasteiger partial charge in [-0.1, -0.05) is 18.5 Å². The number of nitrogens with zero attached hydrogens (tertiary/aromatic N) is 4. The van der Waals surface area contributed by atoms with E-state index in [1.807, 2.05) is 6.92 Å². The lowest BCUT2D eigenvalue weighted by atomic mass is 9.97. The number of halogens is 2. The summed E-state index contributed by atoms with van der Waals surface area (Å²) in [5.74, 6) is -0.582. The van der Waals surface area contributed by atoms with Crippen LogP contribution in [0.1, 0.15) is 33.3 Å². The van der Waals surface area contributed by atoms with Crippen LogP contribution in [0, 0.1) is 18.7 Å². The van der Waals surface area contributed by atoms with Gasteiger partial charge in [0.1, 0.15) is 35.6 Å². The Morgan fingerprint density at radius 1 is 1.16 bits per heavy atom. The predicted octanol–water partition coefficient (Wildman–Crippen LogP) is 6.08. The molecule has 12 nitrogen and oxygen atoms in total. The third-order valence-electron chi connectivity index (χ3n) is 7.20. The molecule has 0 radical (unpaired) electrons. The van der Waals surface area contributed by atoms with Gasteiger partial charge in [-0.05, 0) is 50.8 Å². The number of amides is 3. The molecule has 1 aromatic carbocycles. The van der Waals surface area contributed by atoms with Crippen molar-refractivity contribution in [3.8, 4) is 17.0 Å². The number of benzene rings is 1. The van der Waals surface area contributed by atoms with E-state index in [4.69, 9.17) is 25.8 Å². The molecule has 2 aromatic heterocycles. The summed E-state index contributed by atoms with van der Waals surface area (Å²) in [5, 5.41) is 12.8. The fourth-order valence-corrected chi connectivity index (χ4v) is 5.39. The van der Waals surface area contributed by atoms with Gasteiger partial charge in [0.2, 0.25) is 5.88 Å². The van der Waals surface area contributed by atoms with Crippen LogP contribution in [0.3, 0.4) is 0 Å². The Kier molecular flexibility index (Phi) is 7.95. The number of fused-ring (bicyclic) bond motifs is 2. The summed E-state index contributed by atoms with van der Waals surface area (Å²) >= 11 is 6.40. The molecule has 1 fully saturated rings. The normalized spacial score (nSPS) is 18.2. The molecular weight excluding hydrogens is 585 g/mol. The van der Waals surface area contributed by atoms with Crippen molar-refractivity contribution in [2.45, 2.75) is 46.3 Å². The molecule has 0 saturated carbocycles. The van der Waals surface area contributed by atoms with Crippen molar-refractivity contribution >= 4 is 52.2 Å². The molecule has 3 aromatic rings. The summed E-state index contributed by atoms with van der Waals surface area (Å²) in [6.45, 7) is 9.67. The first-order valence-electron chi connectivity index (χ1n) is 13.6. The van der Waals surface area contributed by atoms with Gasteiger partial charge in [0.25, 0.3) is 0 Å². The zero-order valence-electron chi connectivity index (χ0n) is 24.2. The average molecular weight is 616 g/mol. The lowest BCUT2D eigenvalue weighted by Crippen LogP contribution is -2.37. The van der Waals surface area contributed by atoms with E-state index < -0.39 is 35.8 Å². The van der Waals surface area contributed by atoms with E-state index >= 15 is 4.39 Å². The van der Waals surface area contributed by atoms with Gasteiger partial charge in [0.15, 0.2) is 0 Å². The lowest BCUT2D eigenvalue weighted by Gasteiger charge is -2.28. The topological polar surface area (TPSA) is 143 Å². The second-order valence-corrected chi connectivity index (χ2v) is 11.9. The number of carbonyl (C=O) groups is 3. The van der Waals surface area contributed by atoms with Crippen LogP contribution >= 0.6 is 11.6 Å². The molecule has 2 N–H and O–H groups in total. The molecule has 228 valence electrons. The van der Waals surface area contributed by atoms with Crippen molar-refractivity contribution in [2.75, 3.05) is 36.5 Å². The maximum absolute atomic E-state index is 15.6. The van der Waals surface area contributed by atoms with Crippen molar-refractivity contribution in [1.82, 2.24) is 14.9 Å². The molecule has 0 bridgehead atoms. The molecule has 2 aliphatic heterocycles. The Balaban J connectivity index is 1.38. The molecule has 0 spiro atoms. The minimum atomic E-state index is -1.18. The number of nitrogens with one attached hydrogen (secondary N) is 1. The number of carbonyl (C=O) groups excluding carboxylic acids is 2. The Labute approximate surface area is 251 Å². The first kappa shape index (κ1) is 30.1. The molecular formula is C29H31ClFN5O7. The molecule has 1 saturated heterocycles. The van der Waals surface area contributed by atoms with Crippen LogP contribution in [0.5, 0.6) is 5.88 Å². The van der Waals surface area contributed by atoms with Crippen molar-refractivity contribution < 1.29 is 38.1 Å². The zero-order valence-corrected chi connectivity index (χ0v) is 25.0. The smallest absolute Gasteiger partial charge is 0.413 e. The molecule has 14 heteroatoms. The standard InChI is InChI=1S/C29H31ClFN5O7/c1-14-12-35(28(40)43-29(3,4)5)13-20(14)42-26(37)34-21-9-16-8-17(23(31)22(30)19(16)11-32-21)18-10-33-25-24(15(18)2)36(27(38)39)6-7-41-25/h8-11,14,20H,6-7,12-13H2,1-5H3,(H,38,39)(H,32,34,37). The molecule has 2 aliphatic rings. The van der Waals surface area contributed by atoms with Crippen LogP contribution in [0.15, 0.2) is 24.5 Å². The Hall–Kier alpha value is -4.39. The van der Waals surface area contributed by atoms with Crippen molar-refractivity contribution in [2.24, 2.45) is 5.92 Å². The molecule has 0 aliphatic carbocycles. The second-order valence-electron chi connectivity index (χ2n) is 11.5. The first-order valence-corrected chi connectivity index (χ1v) is 14.0. The molecule has 2 unspecified atom stereocenters. The van der Waals surface area contributed by atoms with Gasteiger partial charge in [-0.3, -0.25) is 10.2 Å². The Morgan fingerprint density at radius 3 is 2.60 bits per heavy atom. The number of hydrogen-bond acceptors (Lipinski definition) is 8. The monoisotopic (exact) mass is 615 g/mol. The number of ether oxygens (including phenoxy) is 3. The van der Waals surface area contributed by atoms with Crippen LogP contribution in [0.25, 0.3) is 21.9 Å². The SMILES string of the molecule is Cc1c(-c2cc3cc(NC(=O)OC4CN(C(=O)OC(C)(C)C)CC4C)ncc3c(Cl)c2F)cnc2c1N(C(=O)O)CCO2. The van der Waals surface area contributed by atoms with E-state index in [0.717, 1.165) is 4.90 Å². The Morgan fingerprint density at radius 2 is 1.91 bits per heavy atom. The number of pyridine rings is 2. The van der Waals surface area contributed by atoms with Crippen LogP contribution < -0.4 is 15.0 Å². The quantitative estimate of drug-likeness (QED) is 0.358. The van der Waals surface area contributed by atoms with E-state index in [1.54, 1.807) is 27.7 Å². The average Bonchev–Trinajstić information content (AvgIpc) is 3.29. The van der Waals surface area contributed by atoms with E-state index in [9.17, 15) is 19.5 Å². The minimum absolute atomic E-state index is 0.0861. The van der Waals surface area contributed by atoms with E-state index in [-0.39, 0.29) is 53.6 Å². The third-order valence-corrected chi connectivity index (χ3v) is 7.57. The van der Waals surface area contributed by atoms with Crippen LogP contribution in [-0.2, 0) is 9.47 Å². The fourth-order valence-electron chi connectivity index (χ4n) is 5.13. The van der Waals surface area contributed by atoms with E-state index in [2.05, 4.69) is 15.3 Å². The maximum atomic E-state index is 15.6. The molecule has 43 heavy (non-hydrogen) atoms. The maximum Gasteiger partial charge on any atom is 0.413 e. The number of likely N-dealkylation sites (tertiary alicyclic amines) is 1. The summed E-state index contributed by atoms with van der Waals surface area (Å²) in [5.41, 5.74) is 0.448. The highest BCUT2D eigenvalue weighted by molar-refractivity contribution is 6.36. The van der Waals surface area contributed by atoms with Gasteiger partial charge in [0, 0.05) is 41.4 Å². The van der Waals surface area contributed by atoms with Crippen molar-refractivity contribution in [1.29, 1.82) is 0 Å². The highest BCUT2D eigenvalue weighted by atomic mass is 35.5. The molecule has 5 rings (SSSR count). The third kappa shape index (κ3) is 6.07. The summed E-state index contributed by atoms with van der Waals surface area (Å²) in [4.78, 5) is 48.1. The van der Waals surface area contributed by atoms with Crippen molar-refractivity contribution in [3.63, 3.8) is 0 Å². The van der Waals surface area contributed by atoms with Gasteiger partial charge in [-0.2, -0.15) is 0 Å². The van der Waals surface area contributed by atoms with Gasteiger partial charge in [0.05, 0.1) is 18.1 Å². The summed E-state index contributed by atoms with van der Waals surface area (Å²) in [6, 6.07) is 3.04. The minimum Gasteiger partial charge on any atom is -0.474 e. The van der Waals surface area contributed by atoms with Crippen LogP contribution in [0.2, 0.25) is 5.02 Å². The van der Waals surface area contributed by atoms with Crippen molar-refractivity contribution in [3.05, 3.63) is 40.9 Å². The summed E-state index contributed by atoms with van der Waals surface area (Å²) in [6.07, 6.45) is -0.248. The molecule has 3 amide bonds. The zero-order chi connectivity index (χ0) is 31.2. The number of carboxylic acid groups (broad SMARTS) is 1. The second kappa shape index (κ2) is 11.4. The fraction of sp³-hybridized carbons (Fsp3) is 0.414. The largest absolute Gasteiger partial charge is 0.474 e. The lowest BCUT2D eigenvalue weighted by molar-refractivity contribution is 0.0263. The van der Waals surface area contributed by atoms with Gasteiger partial charge in [-0.25, -0.2) is 28.7 Å². The highest BCUT2D eigenvalue weighted by Crippen LogP contribution is 2.42. The number of hydrogen-bond donors (Lipinski definition) is 2. The van der Waals surface area contributed by atoms with Crippen LogP contribution in [0.4, 0.5) is 30.3 Å². The predicted molar refractivity (Wildman–Crippen MR) is 156 cm³/mol. The van der Waals surface area contributed by atoms with Gasteiger partial charge >= 0.3 is 18.3 Å². The molecule has 2 atom stereocenters. The summed E-state index contributed by atoms with van der Waals surface area (Å²) in [7, 11) is 0. The van der Waals surface area contributed by atoms with E-state index in [0.29, 0.717) is 28.4 Å². The molecule has 4 heterocycles. The first-order chi connectivity index (χ1) is 20.2. The number of rotatable bonds is 3. The van der Waals surface area contributed by atoms with Gasteiger partial charge in [-0.15, -0.1) is 0 Å². The Bertz CT molecular complexity index is 1630. The number of aromatic nitrogens is 2. The highest BCUT2D eigenvalue weighted by Gasteiger charge is 2.37.